The SMILES string of the molecule is CC(=O)O.CC(=O)OC(C)(C)C. The Kier molecular flexibility index (Phi) is 6.28. The molecule has 0 unspecified atom stereocenters. The summed E-state index contributed by atoms with van der Waals surface area (Å²) in [5.41, 5.74) is -0.328. The minimum absolute atomic E-state index is 0.225. The van der Waals surface area contributed by atoms with Crippen LogP contribution in [0, 0.1) is 0 Å². The molecule has 0 saturated carbocycles. The predicted octanol–water partition coefficient (Wildman–Crippen LogP) is 1.44. The molecule has 0 aliphatic heterocycles. The van der Waals surface area contributed by atoms with Crippen molar-refractivity contribution in [1.82, 2.24) is 0 Å². The molecule has 72 valence electrons. The van der Waals surface area contributed by atoms with Gasteiger partial charge in [-0.05, 0) is 20.8 Å². The summed E-state index contributed by atoms with van der Waals surface area (Å²) in [7, 11) is 0. The first-order valence-electron chi connectivity index (χ1n) is 3.54. The number of carbonyl (C=O) groups is 2. The van der Waals surface area contributed by atoms with E-state index in [4.69, 9.17) is 14.6 Å². The fourth-order valence-electron chi connectivity index (χ4n) is 0.431. The van der Waals surface area contributed by atoms with E-state index in [2.05, 4.69) is 0 Å². The third-order valence-electron chi connectivity index (χ3n) is 0.450. The molecular weight excluding hydrogens is 160 g/mol. The second kappa shape index (κ2) is 5.57. The first-order valence-corrected chi connectivity index (χ1v) is 3.54. The van der Waals surface area contributed by atoms with E-state index in [9.17, 15) is 4.79 Å². The molecule has 0 aliphatic carbocycles. The van der Waals surface area contributed by atoms with Crippen LogP contribution >= 0.6 is 0 Å². The van der Waals surface area contributed by atoms with E-state index in [-0.39, 0.29) is 11.6 Å². The average Bonchev–Trinajstić information content (AvgIpc) is 1.52. The van der Waals surface area contributed by atoms with Crippen LogP contribution in [0.5, 0.6) is 0 Å². The Morgan fingerprint density at radius 2 is 1.42 bits per heavy atom. The normalized spacial score (nSPS) is 9.42. The summed E-state index contributed by atoms with van der Waals surface area (Å²) in [5, 5.41) is 7.42. The van der Waals surface area contributed by atoms with Gasteiger partial charge in [0.15, 0.2) is 0 Å². The molecule has 4 heteroatoms. The quantitative estimate of drug-likeness (QED) is 0.567. The molecule has 0 atom stereocenters. The lowest BCUT2D eigenvalue weighted by molar-refractivity contribution is -0.151. The molecular formula is C8H16O4. The van der Waals surface area contributed by atoms with Crippen LogP contribution in [-0.4, -0.2) is 22.6 Å². The van der Waals surface area contributed by atoms with E-state index >= 15 is 0 Å². The molecule has 12 heavy (non-hydrogen) atoms. The van der Waals surface area contributed by atoms with Crippen LogP contribution < -0.4 is 0 Å². The highest BCUT2D eigenvalue weighted by molar-refractivity contribution is 5.66. The first-order chi connectivity index (χ1) is 5.15. The molecule has 0 aromatic carbocycles. The van der Waals surface area contributed by atoms with Gasteiger partial charge < -0.3 is 9.84 Å². The lowest BCUT2D eigenvalue weighted by Gasteiger charge is -2.17. The Labute approximate surface area is 72.5 Å². The number of hydrogen-bond acceptors (Lipinski definition) is 3. The molecule has 0 bridgehead atoms. The van der Waals surface area contributed by atoms with E-state index in [0.717, 1.165) is 6.92 Å². The number of carboxylic acid groups (broad SMARTS) is 1. The van der Waals surface area contributed by atoms with Gasteiger partial charge in [-0.25, -0.2) is 0 Å². The fourth-order valence-corrected chi connectivity index (χ4v) is 0.431. The van der Waals surface area contributed by atoms with Crippen molar-refractivity contribution >= 4 is 11.9 Å². The molecule has 0 radical (unpaired) electrons. The molecule has 4 nitrogen and oxygen atoms in total. The maximum absolute atomic E-state index is 10.2. The second-order valence-electron chi connectivity index (χ2n) is 3.23. The molecule has 0 heterocycles. The zero-order chi connectivity index (χ0) is 10.4. The summed E-state index contributed by atoms with van der Waals surface area (Å²) < 4.78 is 4.80. The zero-order valence-corrected chi connectivity index (χ0v) is 8.17. The predicted molar refractivity (Wildman–Crippen MR) is 44.8 cm³/mol. The minimum Gasteiger partial charge on any atom is -0.481 e. The zero-order valence-electron chi connectivity index (χ0n) is 8.17. The van der Waals surface area contributed by atoms with Gasteiger partial charge in [-0.1, -0.05) is 0 Å². The Morgan fingerprint density at radius 1 is 1.17 bits per heavy atom. The molecule has 0 aromatic rings. The van der Waals surface area contributed by atoms with Gasteiger partial charge in [0.25, 0.3) is 5.97 Å². The third-order valence-corrected chi connectivity index (χ3v) is 0.450. The van der Waals surface area contributed by atoms with Crippen molar-refractivity contribution in [2.75, 3.05) is 0 Å². The number of carboxylic acids is 1. The monoisotopic (exact) mass is 176 g/mol. The van der Waals surface area contributed by atoms with E-state index in [0.29, 0.717) is 0 Å². The first kappa shape index (κ1) is 13.5. The van der Waals surface area contributed by atoms with E-state index in [1.807, 2.05) is 20.8 Å². The second-order valence-corrected chi connectivity index (χ2v) is 3.23. The lowest BCUT2D eigenvalue weighted by Crippen LogP contribution is -2.21. The number of hydrogen-bond donors (Lipinski definition) is 1. The van der Waals surface area contributed by atoms with E-state index in [1.54, 1.807) is 0 Å². The maximum atomic E-state index is 10.2. The molecule has 0 spiro atoms. The van der Waals surface area contributed by atoms with Gasteiger partial charge in [0.2, 0.25) is 0 Å². The van der Waals surface area contributed by atoms with Crippen LogP contribution in [0.1, 0.15) is 34.6 Å². The maximum Gasteiger partial charge on any atom is 0.303 e. The molecule has 1 N–H and O–H groups in total. The van der Waals surface area contributed by atoms with Crippen LogP contribution in [0.3, 0.4) is 0 Å². The van der Waals surface area contributed by atoms with Crippen molar-refractivity contribution in [1.29, 1.82) is 0 Å². The lowest BCUT2D eigenvalue weighted by atomic mass is 10.2. The Morgan fingerprint density at radius 3 is 1.42 bits per heavy atom. The van der Waals surface area contributed by atoms with Crippen molar-refractivity contribution in [3.05, 3.63) is 0 Å². The minimum atomic E-state index is -0.833. The summed E-state index contributed by atoms with van der Waals surface area (Å²) in [6.45, 7) is 8.02. The molecule has 0 amide bonds. The molecule has 0 aliphatic rings. The van der Waals surface area contributed by atoms with Gasteiger partial charge in [0, 0.05) is 13.8 Å². The van der Waals surface area contributed by atoms with Crippen molar-refractivity contribution in [2.45, 2.75) is 40.2 Å². The Balaban J connectivity index is 0. The number of aliphatic carboxylic acids is 1. The molecule has 0 fully saturated rings. The summed E-state index contributed by atoms with van der Waals surface area (Å²) in [6, 6.07) is 0. The standard InChI is InChI=1S/C6H12O2.C2H4O2/c1-5(7)8-6(2,3)4;1-2(3)4/h1-4H3;1H3,(H,3,4). The summed E-state index contributed by atoms with van der Waals surface area (Å²) in [5.74, 6) is -1.06. The van der Waals surface area contributed by atoms with Crippen molar-refractivity contribution in [3.63, 3.8) is 0 Å². The van der Waals surface area contributed by atoms with E-state index in [1.165, 1.54) is 6.92 Å². The van der Waals surface area contributed by atoms with Gasteiger partial charge in [-0.15, -0.1) is 0 Å². The number of esters is 1. The smallest absolute Gasteiger partial charge is 0.303 e. The van der Waals surface area contributed by atoms with Crippen molar-refractivity contribution in [2.24, 2.45) is 0 Å². The highest BCUT2D eigenvalue weighted by Gasteiger charge is 2.11. The molecule has 0 aromatic heterocycles. The Bertz CT molecular complexity index is 151. The topological polar surface area (TPSA) is 63.6 Å². The van der Waals surface area contributed by atoms with Crippen LogP contribution in [0.15, 0.2) is 0 Å². The van der Waals surface area contributed by atoms with Crippen LogP contribution in [-0.2, 0) is 14.3 Å². The van der Waals surface area contributed by atoms with Crippen LogP contribution in [0.25, 0.3) is 0 Å². The summed E-state index contributed by atoms with van der Waals surface area (Å²) in [4.78, 5) is 19.2. The van der Waals surface area contributed by atoms with Gasteiger partial charge in [0.1, 0.15) is 5.60 Å². The fraction of sp³-hybridized carbons (Fsp3) is 0.750. The largest absolute Gasteiger partial charge is 0.481 e. The number of ether oxygens (including phenoxy) is 1. The van der Waals surface area contributed by atoms with Crippen LogP contribution in [0.4, 0.5) is 0 Å². The van der Waals surface area contributed by atoms with Gasteiger partial charge in [0.05, 0.1) is 0 Å². The van der Waals surface area contributed by atoms with Crippen molar-refractivity contribution < 1.29 is 19.4 Å². The van der Waals surface area contributed by atoms with Gasteiger partial charge in [-0.2, -0.15) is 0 Å². The summed E-state index contributed by atoms with van der Waals surface area (Å²) >= 11 is 0. The molecule has 0 saturated heterocycles. The Hall–Kier alpha value is -1.06. The van der Waals surface area contributed by atoms with Gasteiger partial charge >= 0.3 is 5.97 Å². The van der Waals surface area contributed by atoms with E-state index < -0.39 is 5.97 Å². The van der Waals surface area contributed by atoms with Gasteiger partial charge in [-0.3, -0.25) is 9.59 Å². The average molecular weight is 176 g/mol. The third kappa shape index (κ3) is 36.3. The highest BCUT2D eigenvalue weighted by atomic mass is 16.6. The number of rotatable bonds is 0. The van der Waals surface area contributed by atoms with Crippen LogP contribution in [0.2, 0.25) is 0 Å². The highest BCUT2D eigenvalue weighted by Crippen LogP contribution is 2.05. The molecule has 0 rings (SSSR count). The van der Waals surface area contributed by atoms with Crippen molar-refractivity contribution in [3.8, 4) is 0 Å². The summed E-state index contributed by atoms with van der Waals surface area (Å²) in [6.07, 6.45) is 0. The number of carbonyl (C=O) groups excluding carboxylic acids is 1.